The molecule has 0 N–H and O–H groups in total. The Hall–Kier alpha value is -0.640. The number of amides is 1. The summed E-state index contributed by atoms with van der Waals surface area (Å²) in [7, 11) is 0. The van der Waals surface area contributed by atoms with Crippen molar-refractivity contribution >= 4 is 18.5 Å². The number of carbonyl (C=O) groups excluding carboxylic acids is 1. The monoisotopic (exact) mass is 210 g/mol. The molecule has 0 aromatic carbocycles. The molecule has 0 aromatic heterocycles. The van der Waals surface area contributed by atoms with Crippen LogP contribution in [0.15, 0.2) is 11.9 Å². The van der Waals surface area contributed by atoms with Crippen molar-refractivity contribution in [1.82, 2.24) is 9.80 Å². The number of likely N-dealkylation sites (tertiary alicyclic amines) is 1. The Labute approximate surface area is 89.2 Å². The summed E-state index contributed by atoms with van der Waals surface area (Å²) >= 11 is 4.53. The maximum atomic E-state index is 11.4. The fourth-order valence-electron chi connectivity index (χ4n) is 2.60. The first kappa shape index (κ1) is 8.65. The zero-order valence-electron chi connectivity index (χ0n) is 8.02. The highest BCUT2D eigenvalue weighted by Gasteiger charge is 2.44. The minimum Gasteiger partial charge on any atom is -0.346 e. The Balaban J connectivity index is 1.82. The first-order valence-electron chi connectivity index (χ1n) is 5.24. The van der Waals surface area contributed by atoms with Crippen LogP contribution in [-0.4, -0.2) is 33.7 Å². The number of carbonyl (C=O) groups is 1. The van der Waals surface area contributed by atoms with E-state index in [0.717, 1.165) is 31.6 Å². The van der Waals surface area contributed by atoms with Crippen LogP contribution in [0.3, 0.4) is 0 Å². The second-order valence-corrected chi connectivity index (χ2v) is 4.83. The highest BCUT2D eigenvalue weighted by Crippen LogP contribution is 2.38. The lowest BCUT2D eigenvalue weighted by atomic mass is 10.0. The van der Waals surface area contributed by atoms with Gasteiger partial charge < -0.3 is 4.90 Å². The molecule has 3 aliphatic rings. The van der Waals surface area contributed by atoms with Crippen molar-refractivity contribution in [2.45, 2.75) is 37.1 Å². The standard InChI is InChI=1S/C10H14N2OS/c13-9-6-7-3-4-8(12(7)9)11-5-1-2-10(11)14/h4,7,10,14H,1-3,5-6H2/t7-,10?/m1/s1. The molecule has 0 saturated carbocycles. The number of rotatable bonds is 1. The van der Waals surface area contributed by atoms with Crippen LogP contribution in [0.1, 0.15) is 25.7 Å². The van der Waals surface area contributed by atoms with Crippen molar-refractivity contribution in [2.24, 2.45) is 0 Å². The molecule has 3 nitrogen and oxygen atoms in total. The molecule has 0 aromatic rings. The van der Waals surface area contributed by atoms with Gasteiger partial charge in [-0.05, 0) is 25.3 Å². The first-order chi connectivity index (χ1) is 6.77. The number of nitrogens with zero attached hydrogens (tertiary/aromatic N) is 2. The van der Waals surface area contributed by atoms with Crippen LogP contribution in [0.4, 0.5) is 0 Å². The van der Waals surface area contributed by atoms with Gasteiger partial charge in [0, 0.05) is 13.0 Å². The molecular formula is C10H14N2OS. The lowest BCUT2D eigenvalue weighted by molar-refractivity contribution is -0.142. The van der Waals surface area contributed by atoms with Gasteiger partial charge in [-0.25, -0.2) is 0 Å². The molecule has 3 rings (SSSR count). The molecule has 2 saturated heterocycles. The Morgan fingerprint density at radius 1 is 1.50 bits per heavy atom. The quantitative estimate of drug-likeness (QED) is 0.519. The van der Waals surface area contributed by atoms with Crippen LogP contribution in [0.25, 0.3) is 0 Å². The predicted molar refractivity (Wildman–Crippen MR) is 56.7 cm³/mol. The third-order valence-electron chi connectivity index (χ3n) is 3.38. The van der Waals surface area contributed by atoms with E-state index >= 15 is 0 Å². The number of fused-ring (bicyclic) bond motifs is 1. The van der Waals surface area contributed by atoms with Gasteiger partial charge in [-0.15, -0.1) is 0 Å². The summed E-state index contributed by atoms with van der Waals surface area (Å²) in [5.74, 6) is 1.41. The normalized spacial score (nSPS) is 35.8. The van der Waals surface area contributed by atoms with Gasteiger partial charge >= 0.3 is 0 Å². The second kappa shape index (κ2) is 2.92. The largest absolute Gasteiger partial charge is 0.346 e. The Bertz CT molecular complexity index is 315. The molecule has 2 atom stereocenters. The molecule has 3 heterocycles. The van der Waals surface area contributed by atoms with Crippen LogP contribution in [-0.2, 0) is 4.79 Å². The summed E-state index contributed by atoms with van der Waals surface area (Å²) in [6.07, 6.45) is 6.30. The summed E-state index contributed by atoms with van der Waals surface area (Å²) in [4.78, 5) is 15.6. The van der Waals surface area contributed by atoms with Crippen LogP contribution in [0.2, 0.25) is 0 Å². The van der Waals surface area contributed by atoms with E-state index in [4.69, 9.17) is 0 Å². The fraction of sp³-hybridized carbons (Fsp3) is 0.700. The maximum absolute atomic E-state index is 11.4. The predicted octanol–water partition coefficient (Wildman–Crippen LogP) is 1.18. The van der Waals surface area contributed by atoms with Crippen LogP contribution in [0.5, 0.6) is 0 Å². The first-order valence-corrected chi connectivity index (χ1v) is 5.76. The van der Waals surface area contributed by atoms with Crippen LogP contribution in [0, 0.1) is 0 Å². The zero-order chi connectivity index (χ0) is 9.71. The van der Waals surface area contributed by atoms with E-state index in [1.807, 2.05) is 4.90 Å². The number of hydrogen-bond acceptors (Lipinski definition) is 3. The molecule has 0 bridgehead atoms. The smallest absolute Gasteiger partial charge is 0.230 e. The fourth-order valence-corrected chi connectivity index (χ4v) is 3.01. The Morgan fingerprint density at radius 3 is 3.00 bits per heavy atom. The molecule has 14 heavy (non-hydrogen) atoms. The topological polar surface area (TPSA) is 23.6 Å². The second-order valence-electron chi connectivity index (χ2n) is 4.24. The Morgan fingerprint density at radius 2 is 2.36 bits per heavy atom. The maximum Gasteiger partial charge on any atom is 0.230 e. The van der Waals surface area contributed by atoms with Crippen molar-refractivity contribution in [3.63, 3.8) is 0 Å². The average molecular weight is 210 g/mol. The zero-order valence-corrected chi connectivity index (χ0v) is 8.91. The summed E-state index contributed by atoms with van der Waals surface area (Å²) < 4.78 is 0. The number of hydrogen-bond donors (Lipinski definition) is 1. The van der Waals surface area contributed by atoms with Crippen molar-refractivity contribution in [3.8, 4) is 0 Å². The molecule has 0 aliphatic carbocycles. The summed E-state index contributed by atoms with van der Waals surface area (Å²) in [5.41, 5.74) is 0. The van der Waals surface area contributed by atoms with Gasteiger partial charge in [0.05, 0.1) is 11.4 Å². The minimum absolute atomic E-state index is 0.284. The van der Waals surface area contributed by atoms with Crippen molar-refractivity contribution in [2.75, 3.05) is 6.54 Å². The van der Waals surface area contributed by atoms with E-state index in [-0.39, 0.29) is 5.91 Å². The van der Waals surface area contributed by atoms with Crippen molar-refractivity contribution in [3.05, 3.63) is 11.9 Å². The van der Waals surface area contributed by atoms with E-state index in [1.54, 1.807) is 0 Å². The molecular weight excluding hydrogens is 196 g/mol. The Kier molecular flexibility index (Phi) is 1.81. The van der Waals surface area contributed by atoms with E-state index in [1.165, 1.54) is 6.42 Å². The van der Waals surface area contributed by atoms with Crippen LogP contribution < -0.4 is 0 Å². The van der Waals surface area contributed by atoms with Gasteiger partial charge in [-0.1, -0.05) is 0 Å². The van der Waals surface area contributed by atoms with Gasteiger partial charge in [0.1, 0.15) is 5.82 Å². The summed E-state index contributed by atoms with van der Waals surface area (Å²) in [5, 5.41) is 0.313. The van der Waals surface area contributed by atoms with Crippen LogP contribution >= 0.6 is 12.6 Å². The molecule has 4 heteroatoms. The van der Waals surface area contributed by atoms with E-state index in [9.17, 15) is 4.79 Å². The molecule has 0 radical (unpaired) electrons. The third-order valence-corrected chi connectivity index (χ3v) is 3.92. The highest BCUT2D eigenvalue weighted by atomic mass is 32.1. The van der Waals surface area contributed by atoms with Crippen molar-refractivity contribution < 1.29 is 4.79 Å². The SMILES string of the molecule is O=C1C[C@H]2CC=C(N3CCCC3S)N12. The van der Waals surface area contributed by atoms with Gasteiger partial charge in [0.15, 0.2) is 0 Å². The lowest BCUT2D eigenvalue weighted by Crippen LogP contribution is -2.51. The van der Waals surface area contributed by atoms with E-state index in [2.05, 4.69) is 23.6 Å². The van der Waals surface area contributed by atoms with E-state index < -0.39 is 0 Å². The van der Waals surface area contributed by atoms with E-state index in [0.29, 0.717) is 11.4 Å². The summed E-state index contributed by atoms with van der Waals surface area (Å²) in [6, 6.07) is 0.471. The number of thiol groups is 1. The number of β-lactam (4-membered cyclic amide) rings is 1. The van der Waals surface area contributed by atoms with Gasteiger partial charge in [-0.3, -0.25) is 9.69 Å². The average Bonchev–Trinajstić information content (AvgIpc) is 2.68. The molecule has 1 unspecified atom stereocenters. The lowest BCUT2D eigenvalue weighted by Gasteiger charge is -2.40. The van der Waals surface area contributed by atoms with Gasteiger partial charge in [-0.2, -0.15) is 12.6 Å². The third kappa shape index (κ3) is 1.03. The van der Waals surface area contributed by atoms with Crippen molar-refractivity contribution in [1.29, 1.82) is 0 Å². The summed E-state index contributed by atoms with van der Waals surface area (Å²) in [6.45, 7) is 1.05. The van der Waals surface area contributed by atoms with Gasteiger partial charge in [0.25, 0.3) is 0 Å². The minimum atomic E-state index is 0.284. The molecule has 1 amide bonds. The van der Waals surface area contributed by atoms with Gasteiger partial charge in [0.2, 0.25) is 5.91 Å². The molecule has 76 valence electrons. The highest BCUT2D eigenvalue weighted by molar-refractivity contribution is 7.80. The molecule has 0 spiro atoms. The molecule has 2 fully saturated rings. The molecule has 3 aliphatic heterocycles.